The van der Waals surface area contributed by atoms with Crippen LogP contribution in [0.1, 0.15) is 53.9 Å². The number of hydrogen-bond acceptors (Lipinski definition) is 3. The van der Waals surface area contributed by atoms with Crippen LogP contribution in [0.3, 0.4) is 0 Å². The third-order valence-electron chi connectivity index (χ3n) is 7.64. The van der Waals surface area contributed by atoms with Crippen molar-refractivity contribution in [2.75, 3.05) is 19.8 Å². The van der Waals surface area contributed by atoms with Gasteiger partial charge in [-0.15, -0.1) is 0 Å². The first-order valence-electron chi connectivity index (χ1n) is 12.8. The zero-order valence-electron chi connectivity index (χ0n) is 20.1. The van der Waals surface area contributed by atoms with Crippen molar-refractivity contribution in [2.24, 2.45) is 5.92 Å². The number of aromatic nitrogens is 3. The second kappa shape index (κ2) is 9.37. The lowest BCUT2D eigenvalue weighted by Gasteiger charge is -2.37. The van der Waals surface area contributed by atoms with E-state index in [1.165, 1.54) is 48.2 Å². The van der Waals surface area contributed by atoms with Gasteiger partial charge < -0.3 is 4.90 Å². The van der Waals surface area contributed by atoms with Crippen LogP contribution < -0.4 is 5.56 Å². The predicted molar refractivity (Wildman–Crippen MR) is 138 cm³/mol. The highest BCUT2D eigenvalue weighted by atomic mass is 19.1. The maximum atomic E-state index is 13.6. The summed E-state index contributed by atoms with van der Waals surface area (Å²) >= 11 is 0. The second-order valence-electron chi connectivity index (χ2n) is 10.1. The normalized spacial score (nSPS) is 16.9. The van der Waals surface area contributed by atoms with E-state index in [1.54, 1.807) is 4.90 Å². The van der Waals surface area contributed by atoms with Gasteiger partial charge in [0.15, 0.2) is 5.65 Å². The Kier molecular flexibility index (Phi) is 5.91. The van der Waals surface area contributed by atoms with E-state index >= 15 is 0 Å². The lowest BCUT2D eigenvalue weighted by atomic mass is 9.84. The van der Waals surface area contributed by atoms with Gasteiger partial charge in [-0.1, -0.05) is 73.9 Å². The average molecular weight is 485 g/mol. The number of alkyl halides is 1. The van der Waals surface area contributed by atoms with E-state index < -0.39 is 6.67 Å². The summed E-state index contributed by atoms with van der Waals surface area (Å²) in [6, 6.07) is 19.3. The van der Waals surface area contributed by atoms with E-state index in [0.29, 0.717) is 41.6 Å². The standard InChI is InChI=1S/C29H29FN4O2/c30-16-19-17-33(18-19)29(36)26-27(23-9-5-2-6-10-23)32-34-25(35)15-24(31-28(26)34)22-13-11-21(12-14-22)20-7-3-1-4-8-20/h2,5-6,9-15,19-20,32H,1,3-4,7-8,16-18H2. The summed E-state index contributed by atoms with van der Waals surface area (Å²) in [5.74, 6) is 0.225. The minimum absolute atomic E-state index is 0.131. The maximum absolute atomic E-state index is 13.6. The molecule has 184 valence electrons. The van der Waals surface area contributed by atoms with Gasteiger partial charge in [0.05, 0.1) is 18.1 Å². The van der Waals surface area contributed by atoms with Gasteiger partial charge in [-0.25, -0.2) is 9.50 Å². The molecule has 6 rings (SSSR count). The van der Waals surface area contributed by atoms with Gasteiger partial charge in [0.1, 0.15) is 5.56 Å². The highest BCUT2D eigenvalue weighted by molar-refractivity contribution is 6.06. The summed E-state index contributed by atoms with van der Waals surface area (Å²) in [6.45, 7) is 0.294. The Morgan fingerprint density at radius 2 is 1.69 bits per heavy atom. The SMILES string of the molecule is O=C(c1c(-c2ccccc2)[nH]n2c(=O)cc(-c3ccc(C4CCCCC4)cc3)nc12)N1CC(CF)C1. The Hall–Kier alpha value is -3.74. The number of likely N-dealkylation sites (tertiary alicyclic amines) is 1. The number of nitrogens with one attached hydrogen (secondary N) is 1. The van der Waals surface area contributed by atoms with Crippen molar-refractivity contribution in [3.63, 3.8) is 0 Å². The molecule has 0 atom stereocenters. The molecule has 6 nitrogen and oxygen atoms in total. The number of rotatable bonds is 5. The van der Waals surface area contributed by atoms with Crippen LogP contribution in [-0.2, 0) is 0 Å². The Labute approximate surface area is 208 Å². The minimum atomic E-state index is -0.443. The summed E-state index contributed by atoms with van der Waals surface area (Å²) in [5.41, 5.74) is 4.39. The first kappa shape index (κ1) is 22.7. The first-order chi connectivity index (χ1) is 17.6. The molecular formula is C29H29FN4O2. The van der Waals surface area contributed by atoms with Gasteiger partial charge in [-0.3, -0.25) is 19.1 Å². The number of carbonyl (C=O) groups excluding carboxylic acids is 1. The molecule has 1 saturated heterocycles. The van der Waals surface area contributed by atoms with E-state index in [9.17, 15) is 14.0 Å². The molecule has 1 amide bonds. The molecule has 1 aliphatic carbocycles. The third-order valence-corrected chi connectivity index (χ3v) is 7.64. The highest BCUT2D eigenvalue weighted by Crippen LogP contribution is 2.34. The molecular weight excluding hydrogens is 455 g/mol. The van der Waals surface area contributed by atoms with Crippen LogP contribution in [0.25, 0.3) is 28.2 Å². The molecule has 3 heterocycles. The van der Waals surface area contributed by atoms with Crippen LogP contribution in [0.5, 0.6) is 0 Å². The number of H-pyrrole nitrogens is 1. The lowest BCUT2D eigenvalue weighted by Crippen LogP contribution is -2.50. The van der Waals surface area contributed by atoms with Crippen LogP contribution in [0, 0.1) is 5.92 Å². The van der Waals surface area contributed by atoms with Crippen molar-refractivity contribution < 1.29 is 9.18 Å². The number of aromatic amines is 1. The smallest absolute Gasteiger partial charge is 0.273 e. The number of benzene rings is 2. The molecule has 2 fully saturated rings. The minimum Gasteiger partial charge on any atom is -0.338 e. The number of hydrogen-bond donors (Lipinski definition) is 1. The van der Waals surface area contributed by atoms with E-state index in [4.69, 9.17) is 4.98 Å². The van der Waals surface area contributed by atoms with Gasteiger partial charge in [0, 0.05) is 36.2 Å². The molecule has 0 spiro atoms. The van der Waals surface area contributed by atoms with Crippen molar-refractivity contribution >= 4 is 11.6 Å². The molecule has 0 radical (unpaired) electrons. The summed E-state index contributed by atoms with van der Waals surface area (Å²) in [6.07, 6.45) is 6.32. The summed E-state index contributed by atoms with van der Waals surface area (Å²) < 4.78 is 14.4. The third kappa shape index (κ3) is 4.02. The molecule has 2 aromatic heterocycles. The molecule has 1 saturated carbocycles. The van der Waals surface area contributed by atoms with E-state index in [2.05, 4.69) is 17.2 Å². The molecule has 1 N–H and O–H groups in total. The van der Waals surface area contributed by atoms with E-state index in [0.717, 1.165) is 11.1 Å². The van der Waals surface area contributed by atoms with E-state index in [1.807, 2.05) is 42.5 Å². The van der Waals surface area contributed by atoms with Crippen LogP contribution in [0.4, 0.5) is 4.39 Å². The largest absolute Gasteiger partial charge is 0.338 e. The van der Waals surface area contributed by atoms with Crippen LogP contribution >= 0.6 is 0 Å². The zero-order chi connectivity index (χ0) is 24.6. The van der Waals surface area contributed by atoms with Crippen molar-refractivity contribution in [1.29, 1.82) is 0 Å². The summed E-state index contributed by atoms with van der Waals surface area (Å²) in [5, 5.41) is 3.11. The van der Waals surface area contributed by atoms with Crippen LogP contribution in [0.2, 0.25) is 0 Å². The van der Waals surface area contributed by atoms with Crippen LogP contribution in [-0.4, -0.2) is 45.2 Å². The van der Waals surface area contributed by atoms with Gasteiger partial charge in [0.25, 0.3) is 11.5 Å². The molecule has 0 bridgehead atoms. The maximum Gasteiger partial charge on any atom is 0.273 e. The topological polar surface area (TPSA) is 70.5 Å². The van der Waals surface area contributed by atoms with Crippen molar-refractivity contribution in [3.05, 3.63) is 82.1 Å². The monoisotopic (exact) mass is 484 g/mol. The number of fused-ring (bicyclic) bond motifs is 1. The highest BCUT2D eigenvalue weighted by Gasteiger charge is 2.35. The second-order valence-corrected chi connectivity index (χ2v) is 10.1. The summed E-state index contributed by atoms with van der Waals surface area (Å²) in [7, 11) is 0. The van der Waals surface area contributed by atoms with Crippen molar-refractivity contribution in [2.45, 2.75) is 38.0 Å². The number of nitrogens with zero attached hydrogens (tertiary/aromatic N) is 3. The first-order valence-corrected chi connectivity index (χ1v) is 12.8. The fourth-order valence-electron chi connectivity index (χ4n) is 5.56. The van der Waals surface area contributed by atoms with E-state index in [-0.39, 0.29) is 17.4 Å². The summed E-state index contributed by atoms with van der Waals surface area (Å²) in [4.78, 5) is 33.2. The number of amides is 1. The zero-order valence-corrected chi connectivity index (χ0v) is 20.1. The Balaban J connectivity index is 1.43. The molecule has 2 aliphatic rings. The molecule has 2 aromatic carbocycles. The Morgan fingerprint density at radius 1 is 0.972 bits per heavy atom. The molecule has 36 heavy (non-hydrogen) atoms. The van der Waals surface area contributed by atoms with Gasteiger partial charge in [-0.2, -0.15) is 0 Å². The van der Waals surface area contributed by atoms with Crippen LogP contribution in [0.15, 0.2) is 65.5 Å². The lowest BCUT2D eigenvalue weighted by molar-refractivity contribution is 0.0455. The fourth-order valence-corrected chi connectivity index (χ4v) is 5.56. The molecule has 7 heteroatoms. The average Bonchev–Trinajstić information content (AvgIpc) is 3.29. The van der Waals surface area contributed by atoms with Gasteiger partial charge in [0.2, 0.25) is 0 Å². The number of halogens is 1. The predicted octanol–water partition coefficient (Wildman–Crippen LogP) is 5.45. The fraction of sp³-hybridized carbons (Fsp3) is 0.345. The number of carbonyl (C=O) groups is 1. The quantitative estimate of drug-likeness (QED) is 0.410. The molecule has 4 aromatic rings. The Morgan fingerprint density at radius 3 is 2.39 bits per heavy atom. The van der Waals surface area contributed by atoms with Crippen molar-refractivity contribution in [1.82, 2.24) is 19.5 Å². The van der Waals surface area contributed by atoms with Gasteiger partial charge >= 0.3 is 0 Å². The molecule has 0 unspecified atom stereocenters. The molecule has 1 aliphatic heterocycles. The van der Waals surface area contributed by atoms with Crippen molar-refractivity contribution in [3.8, 4) is 22.5 Å². The van der Waals surface area contributed by atoms with Gasteiger partial charge in [-0.05, 0) is 24.3 Å². The Bertz CT molecular complexity index is 1450.